The van der Waals surface area contributed by atoms with Crippen molar-refractivity contribution in [1.82, 2.24) is 14.7 Å². The Morgan fingerprint density at radius 1 is 1.29 bits per heavy atom. The van der Waals surface area contributed by atoms with Crippen LogP contribution in [0.3, 0.4) is 0 Å². The van der Waals surface area contributed by atoms with Gasteiger partial charge in [0.2, 0.25) is 11.8 Å². The van der Waals surface area contributed by atoms with E-state index >= 15 is 0 Å². The molecule has 156 valence electrons. The first-order valence-corrected chi connectivity index (χ1v) is 10.8. The van der Waals surface area contributed by atoms with E-state index in [1.807, 2.05) is 17.5 Å². The molecule has 1 unspecified atom stereocenters. The smallest absolute Gasteiger partial charge is 0.543 e. The molecule has 4 aliphatic heterocycles. The summed E-state index contributed by atoms with van der Waals surface area (Å²) in [4.78, 5) is 55.0. The van der Waals surface area contributed by atoms with E-state index in [2.05, 4.69) is 0 Å². The molecule has 3 amide bonds. The Balaban J connectivity index is 0.00000231. The molecule has 3 atom stereocenters. The fourth-order valence-electron chi connectivity index (χ4n) is 5.19. The minimum absolute atomic E-state index is 0. The standard InChI is InChI=1S/C21H21N3O5S.Na/c1-11(25)23-7-5-14-15(17(21(28)29)24-16(14)18(23)20(24)27)9-12-4-6-22(19(12)26)10-13-3-2-8-30-13;/h2-3,8-9,14,16,18H,4-7,10H2,1H3,(H,28,29);/q;+1/p-1/b12-9+;/t14?,16-,18+;/m1./s1. The van der Waals surface area contributed by atoms with Crippen molar-refractivity contribution in [3.8, 4) is 0 Å². The molecule has 0 radical (unpaired) electrons. The first kappa shape index (κ1) is 22.3. The van der Waals surface area contributed by atoms with Crippen LogP contribution in [0.5, 0.6) is 0 Å². The molecule has 3 fully saturated rings. The Morgan fingerprint density at radius 2 is 2.06 bits per heavy atom. The third-order valence-electron chi connectivity index (χ3n) is 6.52. The summed E-state index contributed by atoms with van der Waals surface area (Å²) in [6.07, 6.45) is 2.74. The van der Waals surface area contributed by atoms with Crippen LogP contribution in [0.15, 0.2) is 40.4 Å². The molecule has 5 heterocycles. The number of likely N-dealkylation sites (tertiary alicyclic amines) is 2. The van der Waals surface area contributed by atoms with E-state index in [9.17, 15) is 24.3 Å². The predicted molar refractivity (Wildman–Crippen MR) is 104 cm³/mol. The van der Waals surface area contributed by atoms with E-state index in [0.717, 1.165) is 4.88 Å². The molecule has 1 aromatic rings. The number of carbonyl (C=O) groups excluding carboxylic acids is 4. The topological polar surface area (TPSA) is 101 Å². The molecule has 0 saturated carbocycles. The van der Waals surface area contributed by atoms with E-state index in [4.69, 9.17) is 0 Å². The van der Waals surface area contributed by atoms with Crippen LogP contribution < -0.4 is 34.7 Å². The molecule has 0 bridgehead atoms. The van der Waals surface area contributed by atoms with Crippen molar-refractivity contribution >= 4 is 35.0 Å². The summed E-state index contributed by atoms with van der Waals surface area (Å²) in [6.45, 7) is 2.92. The number of aliphatic carboxylic acids is 1. The van der Waals surface area contributed by atoms with E-state index < -0.39 is 12.0 Å². The van der Waals surface area contributed by atoms with E-state index in [-0.39, 0.29) is 64.9 Å². The Bertz CT molecular complexity index is 1030. The number of carbonyl (C=O) groups is 4. The molecule has 31 heavy (non-hydrogen) atoms. The second kappa shape index (κ2) is 8.20. The van der Waals surface area contributed by atoms with Crippen LogP contribution in [-0.2, 0) is 25.7 Å². The van der Waals surface area contributed by atoms with Gasteiger partial charge >= 0.3 is 29.6 Å². The molecule has 0 N–H and O–H groups in total. The summed E-state index contributed by atoms with van der Waals surface area (Å²) < 4.78 is 0. The second-order valence-corrected chi connectivity index (χ2v) is 9.10. The summed E-state index contributed by atoms with van der Waals surface area (Å²) in [6, 6.07) is 2.92. The third kappa shape index (κ3) is 3.38. The van der Waals surface area contributed by atoms with E-state index in [1.54, 1.807) is 22.3 Å². The van der Waals surface area contributed by atoms with Gasteiger partial charge in [0.05, 0.1) is 24.3 Å². The van der Waals surface area contributed by atoms with Crippen LogP contribution >= 0.6 is 11.3 Å². The zero-order valence-electron chi connectivity index (χ0n) is 17.4. The van der Waals surface area contributed by atoms with Gasteiger partial charge in [-0.05, 0) is 35.9 Å². The number of thiophene rings is 1. The molecule has 0 aromatic carbocycles. The van der Waals surface area contributed by atoms with Gasteiger partial charge in [-0.1, -0.05) is 6.07 Å². The van der Waals surface area contributed by atoms with Crippen LogP contribution in [-0.4, -0.2) is 63.6 Å². The van der Waals surface area contributed by atoms with Crippen LogP contribution in [0.25, 0.3) is 0 Å². The van der Waals surface area contributed by atoms with Gasteiger partial charge in [-0.2, -0.15) is 0 Å². The molecule has 0 aliphatic carbocycles. The minimum atomic E-state index is -1.42. The van der Waals surface area contributed by atoms with Gasteiger partial charge in [0, 0.05) is 36.4 Å². The summed E-state index contributed by atoms with van der Waals surface area (Å²) in [5, 5.41) is 13.9. The van der Waals surface area contributed by atoms with Crippen molar-refractivity contribution in [2.45, 2.75) is 38.4 Å². The summed E-state index contributed by atoms with van der Waals surface area (Å²) >= 11 is 1.59. The van der Waals surface area contributed by atoms with Crippen LogP contribution in [0.1, 0.15) is 24.6 Å². The average Bonchev–Trinajstić information content (AvgIpc) is 3.41. The van der Waals surface area contributed by atoms with Crippen LogP contribution in [0, 0.1) is 5.92 Å². The largest absolute Gasteiger partial charge is 1.00 e. The predicted octanol–water partition coefficient (Wildman–Crippen LogP) is -3.12. The normalized spacial score (nSPS) is 28.1. The molecular formula is C21H20N3NaO5S. The number of hydrogen-bond donors (Lipinski definition) is 0. The Hall–Kier alpha value is -1.94. The van der Waals surface area contributed by atoms with Crippen molar-refractivity contribution in [2.75, 3.05) is 13.1 Å². The Kier molecular flexibility index (Phi) is 5.89. The van der Waals surface area contributed by atoms with E-state index in [0.29, 0.717) is 43.6 Å². The monoisotopic (exact) mass is 449 g/mol. The fraction of sp³-hybridized carbons (Fsp3) is 0.429. The van der Waals surface area contributed by atoms with Crippen LogP contribution in [0.2, 0.25) is 0 Å². The van der Waals surface area contributed by atoms with Crippen molar-refractivity contribution < 1.29 is 53.8 Å². The molecule has 3 saturated heterocycles. The first-order valence-electron chi connectivity index (χ1n) is 9.96. The number of nitrogens with zero attached hydrogens (tertiary/aromatic N) is 3. The molecular weight excluding hydrogens is 429 g/mol. The van der Waals surface area contributed by atoms with Gasteiger partial charge in [0.15, 0.2) is 0 Å². The van der Waals surface area contributed by atoms with Gasteiger partial charge in [-0.3, -0.25) is 14.4 Å². The summed E-state index contributed by atoms with van der Waals surface area (Å²) in [7, 11) is 0. The van der Waals surface area contributed by atoms with Gasteiger partial charge in [0.25, 0.3) is 5.91 Å². The first-order chi connectivity index (χ1) is 14.4. The molecule has 8 nitrogen and oxygen atoms in total. The number of piperidine rings is 1. The van der Waals surface area contributed by atoms with Gasteiger partial charge in [0.1, 0.15) is 6.04 Å². The Morgan fingerprint density at radius 3 is 2.71 bits per heavy atom. The minimum Gasteiger partial charge on any atom is -0.543 e. The van der Waals surface area contributed by atoms with Crippen molar-refractivity contribution in [3.63, 3.8) is 0 Å². The Labute approximate surface area is 205 Å². The molecule has 1 aromatic heterocycles. The summed E-state index contributed by atoms with van der Waals surface area (Å²) in [5.41, 5.74) is 0.898. The number of allylic oxidation sites excluding steroid dienone is 1. The van der Waals surface area contributed by atoms with Gasteiger partial charge < -0.3 is 24.6 Å². The molecule has 0 spiro atoms. The molecule has 10 heteroatoms. The zero-order valence-corrected chi connectivity index (χ0v) is 20.2. The fourth-order valence-corrected chi connectivity index (χ4v) is 5.91. The number of rotatable bonds is 4. The average molecular weight is 449 g/mol. The van der Waals surface area contributed by atoms with Crippen molar-refractivity contribution in [1.29, 1.82) is 0 Å². The number of amides is 3. The number of β-lactam (4-membered cyclic amide) rings is 1. The maximum Gasteiger partial charge on any atom is 1.00 e. The quantitative estimate of drug-likeness (QED) is 0.275. The zero-order chi connectivity index (χ0) is 21.2. The number of carboxylic acid groups (broad SMARTS) is 1. The van der Waals surface area contributed by atoms with E-state index in [1.165, 1.54) is 16.7 Å². The maximum atomic E-state index is 12.9. The van der Waals surface area contributed by atoms with Gasteiger partial charge in [-0.25, -0.2) is 0 Å². The van der Waals surface area contributed by atoms with Crippen LogP contribution in [0.4, 0.5) is 0 Å². The SMILES string of the molecule is CC(=O)N1CCC2C(/C=C3\CCN(Cc4cccs4)C3=O)=C(C(=O)[O-])N3C(=O)[C@@H]1[C@@H]23.[Na+]. The number of hydrogen-bond acceptors (Lipinski definition) is 6. The van der Waals surface area contributed by atoms with Crippen molar-refractivity contribution in [2.24, 2.45) is 5.92 Å². The second-order valence-electron chi connectivity index (χ2n) is 8.07. The molecule has 5 rings (SSSR count). The van der Waals surface area contributed by atoms with Gasteiger partial charge in [-0.15, -0.1) is 11.3 Å². The third-order valence-corrected chi connectivity index (χ3v) is 7.38. The molecule has 4 aliphatic rings. The van der Waals surface area contributed by atoms with Crippen molar-refractivity contribution in [3.05, 3.63) is 45.3 Å². The number of carboxylic acids is 1. The maximum absolute atomic E-state index is 12.9. The summed E-state index contributed by atoms with van der Waals surface area (Å²) in [5.74, 6) is -2.30.